The highest BCUT2D eigenvalue weighted by molar-refractivity contribution is 6.10. The molecule has 2 aromatic carbocycles. The first kappa shape index (κ1) is 21.4. The highest BCUT2D eigenvalue weighted by Gasteiger charge is 2.19. The zero-order chi connectivity index (χ0) is 21.3. The average Bonchev–Trinajstić information content (AvgIpc) is 3.30. The Morgan fingerprint density at radius 1 is 1.10 bits per heavy atom. The molecule has 1 aliphatic rings. The van der Waals surface area contributed by atoms with Crippen LogP contribution in [0.3, 0.4) is 0 Å². The largest absolute Gasteiger partial charge is 0.493 e. The molecule has 1 atom stereocenters. The number of hydrogen-bond donors (Lipinski definition) is 2. The summed E-state index contributed by atoms with van der Waals surface area (Å²) in [6.45, 7) is 1.21. The fraction of sp³-hybridized carbons (Fsp3) is 0.364. The van der Waals surface area contributed by atoms with Gasteiger partial charge >= 0.3 is 0 Å². The standard InChI is InChI=1S/C22H27N3O5/c1-27-18-12-15(13-19(28-2)20(18)29-3)21(26)25-22(23-14-17-10-7-11-30-17)24-16-8-5-4-6-9-16/h4-6,8-9,12-13,17H,7,10-11,14H2,1-3H3,(H2,23,24,25,26). The molecule has 160 valence electrons. The number of hydrogen-bond acceptors (Lipinski definition) is 6. The van der Waals surface area contributed by atoms with E-state index in [-0.39, 0.29) is 12.0 Å². The Morgan fingerprint density at radius 3 is 2.37 bits per heavy atom. The van der Waals surface area contributed by atoms with E-state index in [1.807, 2.05) is 30.3 Å². The second-order valence-electron chi connectivity index (χ2n) is 6.68. The molecule has 1 aliphatic heterocycles. The normalized spacial score (nSPS) is 16.1. The SMILES string of the molecule is COc1cc(C(=O)NC(=NCC2CCCO2)Nc2ccccc2)cc(OC)c1OC. The summed E-state index contributed by atoms with van der Waals surface area (Å²) in [7, 11) is 4.52. The molecular formula is C22H27N3O5. The second-order valence-corrected chi connectivity index (χ2v) is 6.68. The van der Waals surface area contributed by atoms with E-state index in [0.717, 1.165) is 25.1 Å². The molecule has 0 radical (unpaired) electrons. The molecule has 2 N–H and O–H groups in total. The fourth-order valence-electron chi connectivity index (χ4n) is 3.14. The Balaban J connectivity index is 1.82. The first-order valence-corrected chi connectivity index (χ1v) is 9.74. The summed E-state index contributed by atoms with van der Waals surface area (Å²) in [5.41, 5.74) is 1.16. The molecule has 0 bridgehead atoms. The van der Waals surface area contributed by atoms with Crippen molar-refractivity contribution in [3.8, 4) is 17.2 Å². The van der Waals surface area contributed by atoms with Crippen molar-refractivity contribution >= 4 is 17.6 Å². The maximum atomic E-state index is 13.0. The van der Waals surface area contributed by atoms with Crippen LogP contribution < -0.4 is 24.8 Å². The molecule has 1 fully saturated rings. The molecule has 3 rings (SSSR count). The second kappa shape index (κ2) is 10.5. The van der Waals surface area contributed by atoms with Crippen LogP contribution in [-0.2, 0) is 4.74 Å². The first-order valence-electron chi connectivity index (χ1n) is 9.74. The lowest BCUT2D eigenvalue weighted by atomic mass is 10.1. The first-order chi connectivity index (χ1) is 14.6. The zero-order valence-corrected chi connectivity index (χ0v) is 17.4. The summed E-state index contributed by atoms with van der Waals surface area (Å²) in [4.78, 5) is 17.5. The smallest absolute Gasteiger partial charge is 0.258 e. The number of nitrogens with one attached hydrogen (secondary N) is 2. The van der Waals surface area contributed by atoms with Crippen molar-refractivity contribution in [3.05, 3.63) is 48.0 Å². The highest BCUT2D eigenvalue weighted by Crippen LogP contribution is 2.38. The van der Waals surface area contributed by atoms with E-state index >= 15 is 0 Å². The fourth-order valence-corrected chi connectivity index (χ4v) is 3.14. The number of nitrogens with zero attached hydrogens (tertiary/aromatic N) is 1. The number of benzene rings is 2. The number of amides is 1. The number of guanidine groups is 1. The van der Waals surface area contributed by atoms with Gasteiger partial charge in [0.05, 0.1) is 34.0 Å². The summed E-state index contributed by atoms with van der Waals surface area (Å²) in [5.74, 6) is 1.21. The van der Waals surface area contributed by atoms with E-state index < -0.39 is 0 Å². The van der Waals surface area contributed by atoms with Crippen molar-refractivity contribution < 1.29 is 23.7 Å². The lowest BCUT2D eigenvalue weighted by Gasteiger charge is -2.16. The number of ether oxygens (including phenoxy) is 4. The Kier molecular flexibility index (Phi) is 7.51. The minimum absolute atomic E-state index is 0.0654. The Morgan fingerprint density at radius 2 is 1.80 bits per heavy atom. The van der Waals surface area contributed by atoms with Crippen LogP contribution in [0, 0.1) is 0 Å². The monoisotopic (exact) mass is 413 g/mol. The summed E-state index contributed by atoms with van der Waals surface area (Å²) in [6.07, 6.45) is 2.05. The van der Waals surface area contributed by atoms with Gasteiger partial charge in [-0.2, -0.15) is 0 Å². The van der Waals surface area contributed by atoms with Gasteiger partial charge in [0, 0.05) is 17.9 Å². The van der Waals surface area contributed by atoms with Crippen LogP contribution in [0.5, 0.6) is 17.2 Å². The molecule has 0 spiro atoms. The predicted octanol–water partition coefficient (Wildman–Crippen LogP) is 3.09. The summed E-state index contributed by atoms with van der Waals surface area (Å²) < 4.78 is 21.6. The van der Waals surface area contributed by atoms with Crippen molar-refractivity contribution in [2.75, 3.05) is 39.8 Å². The lowest BCUT2D eigenvalue weighted by molar-refractivity contribution is 0.0974. The van der Waals surface area contributed by atoms with Crippen molar-refractivity contribution in [2.24, 2.45) is 4.99 Å². The molecule has 8 heteroatoms. The molecule has 8 nitrogen and oxygen atoms in total. The topological polar surface area (TPSA) is 90.4 Å². The number of para-hydroxylation sites is 1. The number of carbonyl (C=O) groups excluding carboxylic acids is 1. The summed E-state index contributed by atoms with van der Waals surface area (Å²) in [6, 6.07) is 12.7. The van der Waals surface area contributed by atoms with Crippen molar-refractivity contribution in [1.82, 2.24) is 5.32 Å². The molecule has 1 unspecified atom stereocenters. The van der Waals surface area contributed by atoms with Crippen molar-refractivity contribution in [1.29, 1.82) is 0 Å². The van der Waals surface area contributed by atoms with Gasteiger partial charge in [-0.1, -0.05) is 18.2 Å². The van der Waals surface area contributed by atoms with Crippen LogP contribution in [0.2, 0.25) is 0 Å². The third-order valence-electron chi connectivity index (χ3n) is 4.67. The molecular weight excluding hydrogens is 386 g/mol. The van der Waals surface area contributed by atoms with E-state index in [4.69, 9.17) is 18.9 Å². The molecule has 1 amide bonds. The van der Waals surface area contributed by atoms with Gasteiger partial charge in [0.2, 0.25) is 11.7 Å². The van der Waals surface area contributed by atoms with Gasteiger partial charge in [-0.15, -0.1) is 0 Å². The van der Waals surface area contributed by atoms with Gasteiger partial charge in [0.1, 0.15) is 0 Å². The van der Waals surface area contributed by atoms with Gasteiger partial charge in [-0.05, 0) is 37.1 Å². The molecule has 1 saturated heterocycles. The van der Waals surface area contributed by atoms with Crippen molar-refractivity contribution in [2.45, 2.75) is 18.9 Å². The van der Waals surface area contributed by atoms with Crippen LogP contribution >= 0.6 is 0 Å². The predicted molar refractivity (Wildman–Crippen MR) is 115 cm³/mol. The maximum absolute atomic E-state index is 13.0. The molecule has 2 aromatic rings. The minimum Gasteiger partial charge on any atom is -0.493 e. The Labute approximate surface area is 176 Å². The van der Waals surface area contributed by atoms with Crippen LogP contribution in [-0.4, -0.2) is 52.5 Å². The lowest BCUT2D eigenvalue weighted by Crippen LogP contribution is -2.36. The minimum atomic E-state index is -0.358. The average molecular weight is 413 g/mol. The van der Waals surface area contributed by atoms with Crippen LogP contribution in [0.15, 0.2) is 47.5 Å². The molecule has 0 aromatic heterocycles. The van der Waals surface area contributed by atoms with E-state index in [0.29, 0.717) is 35.3 Å². The highest BCUT2D eigenvalue weighted by atomic mass is 16.5. The van der Waals surface area contributed by atoms with Crippen LogP contribution in [0.25, 0.3) is 0 Å². The summed E-state index contributed by atoms with van der Waals surface area (Å²) in [5, 5.41) is 6.00. The number of rotatable bonds is 7. The van der Waals surface area contributed by atoms with Crippen LogP contribution in [0.1, 0.15) is 23.2 Å². The number of anilines is 1. The number of carbonyl (C=O) groups is 1. The Hall–Kier alpha value is -3.26. The van der Waals surface area contributed by atoms with Gasteiger partial charge in [0.15, 0.2) is 11.5 Å². The van der Waals surface area contributed by atoms with E-state index in [9.17, 15) is 4.79 Å². The van der Waals surface area contributed by atoms with Gasteiger partial charge in [-0.25, -0.2) is 4.99 Å². The van der Waals surface area contributed by atoms with E-state index in [1.54, 1.807) is 12.1 Å². The van der Waals surface area contributed by atoms with Gasteiger partial charge in [0.25, 0.3) is 5.91 Å². The molecule has 30 heavy (non-hydrogen) atoms. The van der Waals surface area contributed by atoms with E-state index in [2.05, 4.69) is 15.6 Å². The van der Waals surface area contributed by atoms with E-state index in [1.165, 1.54) is 21.3 Å². The maximum Gasteiger partial charge on any atom is 0.258 e. The Bertz CT molecular complexity index is 855. The van der Waals surface area contributed by atoms with Gasteiger partial charge in [-0.3, -0.25) is 10.1 Å². The van der Waals surface area contributed by atoms with Crippen molar-refractivity contribution in [3.63, 3.8) is 0 Å². The summed E-state index contributed by atoms with van der Waals surface area (Å²) >= 11 is 0. The number of aliphatic imine (C=N–C) groups is 1. The van der Waals surface area contributed by atoms with Crippen LogP contribution in [0.4, 0.5) is 5.69 Å². The zero-order valence-electron chi connectivity index (χ0n) is 17.4. The number of methoxy groups -OCH3 is 3. The molecule has 0 saturated carbocycles. The molecule has 1 heterocycles. The van der Waals surface area contributed by atoms with Gasteiger partial charge < -0.3 is 24.3 Å². The third-order valence-corrected chi connectivity index (χ3v) is 4.67. The quantitative estimate of drug-likeness (QED) is 0.536. The third kappa shape index (κ3) is 5.42. The molecule has 0 aliphatic carbocycles.